The molecule has 0 spiro atoms. The third-order valence-electron chi connectivity index (χ3n) is 3.85. The molecule has 1 heterocycles. The Hall–Kier alpha value is -3.75. The number of carbonyl (C=O) groups is 1. The predicted molar refractivity (Wildman–Crippen MR) is 108 cm³/mol. The number of rotatable bonds is 9. The first kappa shape index (κ1) is 20.0. The maximum atomic E-state index is 13.1. The highest BCUT2D eigenvalue weighted by Crippen LogP contribution is 2.15. The zero-order valence-electron chi connectivity index (χ0n) is 15.9. The van der Waals surface area contributed by atoms with Crippen LogP contribution in [0.5, 0.6) is 5.75 Å². The molecule has 0 aliphatic heterocycles. The summed E-state index contributed by atoms with van der Waals surface area (Å²) < 4.78 is 18.6. The second-order valence-corrected chi connectivity index (χ2v) is 6.00. The lowest BCUT2D eigenvalue weighted by molar-refractivity contribution is 0.0963. The van der Waals surface area contributed by atoms with Gasteiger partial charge in [0.2, 0.25) is 11.9 Å². The fraction of sp³-hybridized carbons (Fsp3) is 0.200. The minimum atomic E-state index is -0.327. The van der Waals surface area contributed by atoms with Gasteiger partial charge < -0.3 is 20.7 Å². The monoisotopic (exact) mass is 396 g/mol. The highest BCUT2D eigenvalue weighted by Gasteiger charge is 2.06. The number of halogens is 1. The summed E-state index contributed by atoms with van der Waals surface area (Å²) in [4.78, 5) is 24.2. The van der Waals surface area contributed by atoms with Gasteiger partial charge in [0.05, 0.1) is 6.61 Å². The Kier molecular flexibility index (Phi) is 6.88. The third kappa shape index (κ3) is 6.13. The van der Waals surface area contributed by atoms with Crippen molar-refractivity contribution in [3.63, 3.8) is 0 Å². The summed E-state index contributed by atoms with van der Waals surface area (Å²) in [6.45, 7) is 1.00. The normalized spacial score (nSPS) is 10.3. The van der Waals surface area contributed by atoms with Crippen LogP contribution in [0.3, 0.4) is 0 Å². The van der Waals surface area contributed by atoms with Gasteiger partial charge in [0.1, 0.15) is 17.9 Å². The molecule has 1 aromatic heterocycles. The van der Waals surface area contributed by atoms with E-state index in [2.05, 4.69) is 30.9 Å². The predicted octanol–water partition coefficient (Wildman–Crippen LogP) is 2.99. The standard InChI is InChI=1S/C20H21FN6O2/c1-22-18(28)14-5-2-7-16(11-14)26-20-25-13-24-19(27-20)23-9-4-10-29-17-8-3-6-15(21)12-17/h2-3,5-8,11-13H,4,9-10H2,1H3,(H,22,28)(H2,23,24,25,26,27). The minimum absolute atomic E-state index is 0.174. The average Bonchev–Trinajstić information content (AvgIpc) is 2.73. The van der Waals surface area contributed by atoms with E-state index in [1.54, 1.807) is 37.4 Å². The van der Waals surface area contributed by atoms with E-state index in [1.165, 1.54) is 18.5 Å². The van der Waals surface area contributed by atoms with Crippen molar-refractivity contribution < 1.29 is 13.9 Å². The quantitative estimate of drug-likeness (QED) is 0.478. The molecule has 0 saturated heterocycles. The van der Waals surface area contributed by atoms with E-state index in [0.717, 1.165) is 0 Å². The van der Waals surface area contributed by atoms with Gasteiger partial charge in [-0.15, -0.1) is 0 Å². The smallest absolute Gasteiger partial charge is 0.251 e. The zero-order valence-corrected chi connectivity index (χ0v) is 15.9. The van der Waals surface area contributed by atoms with Crippen LogP contribution in [0.4, 0.5) is 22.0 Å². The van der Waals surface area contributed by atoms with Gasteiger partial charge >= 0.3 is 0 Å². The molecule has 0 unspecified atom stereocenters. The van der Waals surface area contributed by atoms with E-state index in [1.807, 2.05) is 6.07 Å². The van der Waals surface area contributed by atoms with Gasteiger partial charge in [0.25, 0.3) is 5.91 Å². The fourth-order valence-electron chi connectivity index (χ4n) is 2.47. The van der Waals surface area contributed by atoms with Crippen LogP contribution >= 0.6 is 0 Å². The fourth-order valence-corrected chi connectivity index (χ4v) is 2.47. The number of benzene rings is 2. The van der Waals surface area contributed by atoms with Crippen molar-refractivity contribution in [2.75, 3.05) is 30.8 Å². The Morgan fingerprint density at radius 3 is 2.76 bits per heavy atom. The Balaban J connectivity index is 1.49. The van der Waals surface area contributed by atoms with Crippen LogP contribution in [0.25, 0.3) is 0 Å². The second-order valence-electron chi connectivity index (χ2n) is 6.00. The number of aromatic nitrogens is 3. The number of anilines is 3. The summed E-state index contributed by atoms with van der Waals surface area (Å²) in [5.74, 6) is 0.762. The highest BCUT2D eigenvalue weighted by molar-refractivity contribution is 5.95. The molecular formula is C20H21FN6O2. The molecule has 0 aliphatic rings. The first-order chi connectivity index (χ1) is 14.1. The minimum Gasteiger partial charge on any atom is -0.493 e. The van der Waals surface area contributed by atoms with E-state index in [4.69, 9.17) is 4.74 Å². The van der Waals surface area contributed by atoms with E-state index < -0.39 is 0 Å². The van der Waals surface area contributed by atoms with Gasteiger partial charge in [0, 0.05) is 30.9 Å². The Morgan fingerprint density at radius 2 is 1.93 bits per heavy atom. The average molecular weight is 396 g/mol. The zero-order chi connectivity index (χ0) is 20.5. The number of ether oxygens (including phenoxy) is 1. The SMILES string of the molecule is CNC(=O)c1cccc(Nc2ncnc(NCCCOc3cccc(F)c3)n2)c1. The van der Waals surface area contributed by atoms with E-state index in [0.29, 0.717) is 48.5 Å². The molecule has 0 radical (unpaired) electrons. The van der Waals surface area contributed by atoms with Crippen molar-refractivity contribution in [1.82, 2.24) is 20.3 Å². The molecule has 0 fully saturated rings. The lowest BCUT2D eigenvalue weighted by Gasteiger charge is -2.09. The summed E-state index contributed by atoms with van der Waals surface area (Å²) >= 11 is 0. The molecule has 1 amide bonds. The van der Waals surface area contributed by atoms with Gasteiger partial charge in [-0.05, 0) is 36.8 Å². The lowest BCUT2D eigenvalue weighted by atomic mass is 10.2. The van der Waals surface area contributed by atoms with E-state index >= 15 is 0 Å². The van der Waals surface area contributed by atoms with Crippen molar-refractivity contribution in [3.05, 3.63) is 66.2 Å². The first-order valence-electron chi connectivity index (χ1n) is 9.04. The van der Waals surface area contributed by atoms with Crippen LogP contribution < -0.4 is 20.7 Å². The molecule has 150 valence electrons. The molecular weight excluding hydrogens is 375 g/mol. The van der Waals surface area contributed by atoms with Gasteiger partial charge in [-0.1, -0.05) is 12.1 Å². The van der Waals surface area contributed by atoms with Crippen molar-refractivity contribution in [2.45, 2.75) is 6.42 Å². The van der Waals surface area contributed by atoms with Gasteiger partial charge in [0.15, 0.2) is 0 Å². The summed E-state index contributed by atoms with van der Waals surface area (Å²) in [5.41, 5.74) is 1.22. The second kappa shape index (κ2) is 9.98. The molecule has 9 heteroatoms. The largest absolute Gasteiger partial charge is 0.493 e. The van der Waals surface area contributed by atoms with Crippen molar-refractivity contribution in [3.8, 4) is 5.75 Å². The first-order valence-corrected chi connectivity index (χ1v) is 9.04. The van der Waals surface area contributed by atoms with Crippen molar-refractivity contribution in [1.29, 1.82) is 0 Å². The topological polar surface area (TPSA) is 101 Å². The molecule has 29 heavy (non-hydrogen) atoms. The molecule has 3 aromatic rings. The van der Waals surface area contributed by atoms with Crippen LogP contribution in [-0.2, 0) is 0 Å². The van der Waals surface area contributed by atoms with Crippen molar-refractivity contribution >= 4 is 23.5 Å². The van der Waals surface area contributed by atoms with E-state index in [-0.39, 0.29) is 11.7 Å². The van der Waals surface area contributed by atoms with Crippen LogP contribution in [0.15, 0.2) is 54.9 Å². The number of hydrogen-bond acceptors (Lipinski definition) is 7. The third-order valence-corrected chi connectivity index (χ3v) is 3.85. The number of nitrogens with one attached hydrogen (secondary N) is 3. The number of carbonyl (C=O) groups excluding carboxylic acids is 1. The van der Waals surface area contributed by atoms with E-state index in [9.17, 15) is 9.18 Å². The number of hydrogen-bond donors (Lipinski definition) is 3. The summed E-state index contributed by atoms with van der Waals surface area (Å²) in [5, 5.41) is 8.72. The lowest BCUT2D eigenvalue weighted by Crippen LogP contribution is -2.17. The molecule has 0 atom stereocenters. The Bertz CT molecular complexity index is 969. The number of amides is 1. The van der Waals surface area contributed by atoms with Gasteiger partial charge in [-0.3, -0.25) is 4.79 Å². The summed E-state index contributed by atoms with van der Waals surface area (Å²) in [6.07, 6.45) is 2.07. The molecule has 0 bridgehead atoms. The molecule has 8 nitrogen and oxygen atoms in total. The molecule has 0 aliphatic carbocycles. The van der Waals surface area contributed by atoms with Gasteiger partial charge in [-0.2, -0.15) is 4.98 Å². The van der Waals surface area contributed by atoms with Crippen LogP contribution in [-0.4, -0.2) is 41.1 Å². The van der Waals surface area contributed by atoms with Gasteiger partial charge in [-0.25, -0.2) is 14.4 Å². The van der Waals surface area contributed by atoms with Crippen molar-refractivity contribution in [2.24, 2.45) is 0 Å². The molecule has 3 N–H and O–H groups in total. The Labute approximate surface area is 167 Å². The molecule has 3 rings (SSSR count). The maximum Gasteiger partial charge on any atom is 0.251 e. The van der Waals surface area contributed by atoms with Crippen LogP contribution in [0, 0.1) is 5.82 Å². The van der Waals surface area contributed by atoms with Crippen LogP contribution in [0.1, 0.15) is 16.8 Å². The summed E-state index contributed by atoms with van der Waals surface area (Å²) in [7, 11) is 1.58. The number of nitrogens with zero attached hydrogens (tertiary/aromatic N) is 3. The Morgan fingerprint density at radius 1 is 1.10 bits per heavy atom. The highest BCUT2D eigenvalue weighted by atomic mass is 19.1. The maximum absolute atomic E-state index is 13.1. The molecule has 2 aromatic carbocycles. The summed E-state index contributed by atoms with van der Waals surface area (Å²) in [6, 6.07) is 13.0. The molecule has 0 saturated carbocycles. The van der Waals surface area contributed by atoms with Crippen LogP contribution in [0.2, 0.25) is 0 Å².